The largest absolute Gasteiger partial charge is 0.507 e. The van der Waals surface area contributed by atoms with Crippen LogP contribution in [0.1, 0.15) is 89.8 Å². The summed E-state index contributed by atoms with van der Waals surface area (Å²) in [6, 6.07) is 3.78. The Morgan fingerprint density at radius 2 is 2.04 bits per heavy atom. The van der Waals surface area contributed by atoms with E-state index in [1.807, 2.05) is 19.9 Å². The van der Waals surface area contributed by atoms with Crippen molar-refractivity contribution in [2.45, 2.75) is 91.0 Å². The van der Waals surface area contributed by atoms with Crippen LogP contribution < -0.4 is 10.1 Å². The van der Waals surface area contributed by atoms with Gasteiger partial charge >= 0.3 is 6.03 Å². The molecule has 0 radical (unpaired) electrons. The molecule has 2 amide bonds. The quantitative estimate of drug-likeness (QED) is 0.665. The predicted octanol–water partition coefficient (Wildman–Crippen LogP) is 5.30. The summed E-state index contributed by atoms with van der Waals surface area (Å²) in [5.74, 6) is 1.88. The third-order valence-corrected chi connectivity index (χ3v) is 6.32. The summed E-state index contributed by atoms with van der Waals surface area (Å²) in [6.07, 6.45) is 5.36. The Morgan fingerprint density at radius 1 is 1.30 bits per heavy atom. The Hall–Kier alpha value is -1.91. The van der Waals surface area contributed by atoms with E-state index in [1.165, 1.54) is 25.7 Å². The zero-order valence-electron chi connectivity index (χ0n) is 17.3. The van der Waals surface area contributed by atoms with Crippen molar-refractivity contribution in [3.05, 3.63) is 23.3 Å². The van der Waals surface area contributed by atoms with Gasteiger partial charge in [0.25, 0.3) is 0 Å². The van der Waals surface area contributed by atoms with Gasteiger partial charge in [-0.25, -0.2) is 4.79 Å². The monoisotopic (exact) mass is 374 g/mol. The van der Waals surface area contributed by atoms with Crippen molar-refractivity contribution in [3.63, 3.8) is 0 Å². The second-order valence-corrected chi connectivity index (χ2v) is 8.44. The molecule has 0 saturated carbocycles. The minimum Gasteiger partial charge on any atom is -0.507 e. The fourth-order valence-electron chi connectivity index (χ4n) is 4.47. The molecule has 5 nitrogen and oxygen atoms in total. The zero-order chi connectivity index (χ0) is 19.7. The van der Waals surface area contributed by atoms with Gasteiger partial charge < -0.3 is 15.2 Å². The van der Waals surface area contributed by atoms with Gasteiger partial charge in [-0.15, -0.1) is 0 Å². The van der Waals surface area contributed by atoms with Crippen LogP contribution in [0.5, 0.6) is 11.5 Å². The summed E-state index contributed by atoms with van der Waals surface area (Å²) in [4.78, 5) is 14.1. The van der Waals surface area contributed by atoms with E-state index in [-0.39, 0.29) is 30.1 Å². The lowest BCUT2D eigenvalue weighted by atomic mass is 9.83. The Labute approximate surface area is 163 Å². The SMILES string of the molecule is CCCCCC(C)C(C)c1cc(O)c2c(c1)OC(C)N1C(=O)NC(C)CC21. The molecule has 2 aliphatic rings. The average molecular weight is 375 g/mol. The first kappa shape index (κ1) is 19.8. The summed E-state index contributed by atoms with van der Waals surface area (Å²) >= 11 is 0. The van der Waals surface area contributed by atoms with Gasteiger partial charge in [-0.1, -0.05) is 46.5 Å². The number of phenols is 1. The molecule has 150 valence electrons. The third kappa shape index (κ3) is 3.87. The number of nitrogens with one attached hydrogen (secondary N) is 1. The van der Waals surface area contributed by atoms with E-state index in [0.29, 0.717) is 11.8 Å². The summed E-state index contributed by atoms with van der Waals surface area (Å²) in [5.41, 5.74) is 1.87. The van der Waals surface area contributed by atoms with E-state index < -0.39 is 0 Å². The Kier molecular flexibility index (Phi) is 5.87. The molecule has 5 heteroatoms. The number of hydrogen-bond acceptors (Lipinski definition) is 3. The van der Waals surface area contributed by atoms with Crippen molar-refractivity contribution in [1.82, 2.24) is 10.2 Å². The average Bonchev–Trinajstić information content (AvgIpc) is 2.59. The molecule has 3 rings (SSSR count). The van der Waals surface area contributed by atoms with Crippen LogP contribution in [0.15, 0.2) is 12.1 Å². The van der Waals surface area contributed by atoms with Gasteiger partial charge in [0.15, 0.2) is 6.23 Å². The molecule has 5 unspecified atom stereocenters. The number of aromatic hydroxyl groups is 1. The number of urea groups is 1. The van der Waals surface area contributed by atoms with E-state index in [4.69, 9.17) is 4.74 Å². The van der Waals surface area contributed by atoms with E-state index in [9.17, 15) is 9.90 Å². The highest BCUT2D eigenvalue weighted by molar-refractivity contribution is 5.77. The molecule has 1 fully saturated rings. The maximum Gasteiger partial charge on any atom is 0.321 e. The van der Waals surface area contributed by atoms with Gasteiger partial charge in [0.05, 0.1) is 11.6 Å². The van der Waals surface area contributed by atoms with Crippen molar-refractivity contribution >= 4 is 6.03 Å². The van der Waals surface area contributed by atoms with Gasteiger partial charge in [-0.3, -0.25) is 4.90 Å². The number of amides is 2. The van der Waals surface area contributed by atoms with Crippen molar-refractivity contribution in [2.75, 3.05) is 0 Å². The Morgan fingerprint density at radius 3 is 2.74 bits per heavy atom. The third-order valence-electron chi connectivity index (χ3n) is 6.32. The molecule has 2 aliphatic heterocycles. The second-order valence-electron chi connectivity index (χ2n) is 8.44. The fraction of sp³-hybridized carbons (Fsp3) is 0.682. The molecule has 27 heavy (non-hydrogen) atoms. The molecular weight excluding hydrogens is 340 g/mol. The Balaban J connectivity index is 1.88. The van der Waals surface area contributed by atoms with Crippen LogP contribution in [0.25, 0.3) is 0 Å². The lowest BCUT2D eigenvalue weighted by Gasteiger charge is -2.46. The minimum atomic E-state index is -0.345. The van der Waals surface area contributed by atoms with Crippen LogP contribution in [0.3, 0.4) is 0 Å². The van der Waals surface area contributed by atoms with Crippen LogP contribution in [-0.4, -0.2) is 28.3 Å². The normalized spacial score (nSPS) is 26.5. The van der Waals surface area contributed by atoms with Gasteiger partial charge in [0.1, 0.15) is 11.5 Å². The number of hydrogen-bond donors (Lipinski definition) is 2. The van der Waals surface area contributed by atoms with E-state index in [2.05, 4.69) is 32.2 Å². The smallest absolute Gasteiger partial charge is 0.321 e. The lowest BCUT2D eigenvalue weighted by molar-refractivity contribution is -0.00299. The maximum atomic E-state index is 12.4. The molecule has 1 aromatic carbocycles. The first-order valence-corrected chi connectivity index (χ1v) is 10.5. The number of unbranched alkanes of at least 4 members (excludes halogenated alkanes) is 2. The molecule has 0 bridgehead atoms. The van der Waals surface area contributed by atoms with Crippen LogP contribution in [0, 0.1) is 5.92 Å². The first-order chi connectivity index (χ1) is 12.8. The van der Waals surface area contributed by atoms with Gasteiger partial charge in [0, 0.05) is 6.04 Å². The summed E-state index contributed by atoms with van der Waals surface area (Å²) in [7, 11) is 0. The number of phenolic OH excluding ortho intramolecular Hbond substituents is 1. The van der Waals surface area contributed by atoms with Crippen molar-refractivity contribution in [2.24, 2.45) is 5.92 Å². The maximum absolute atomic E-state index is 12.4. The number of ether oxygens (including phenoxy) is 1. The predicted molar refractivity (Wildman–Crippen MR) is 107 cm³/mol. The highest BCUT2D eigenvalue weighted by Crippen LogP contribution is 2.47. The summed E-state index contributed by atoms with van der Waals surface area (Å²) in [5, 5.41) is 13.8. The molecule has 0 spiro atoms. The number of nitrogens with zero attached hydrogens (tertiary/aromatic N) is 1. The summed E-state index contributed by atoms with van der Waals surface area (Å²) in [6.45, 7) is 10.6. The summed E-state index contributed by atoms with van der Waals surface area (Å²) < 4.78 is 6.06. The number of carbonyl (C=O) groups excluding carboxylic acids is 1. The standard InChI is InChI=1S/C22H34N2O3/c1-6-7-8-9-13(2)15(4)17-11-19(25)21-18-10-14(3)23-22(26)24(18)16(5)27-20(21)12-17/h11-16,18,25H,6-10H2,1-5H3,(H,23,26). The number of benzene rings is 1. The second kappa shape index (κ2) is 7.99. The molecule has 1 aromatic rings. The van der Waals surface area contributed by atoms with E-state index in [0.717, 1.165) is 23.3 Å². The molecule has 2 heterocycles. The topological polar surface area (TPSA) is 61.8 Å². The van der Waals surface area contributed by atoms with Gasteiger partial charge in [0.2, 0.25) is 0 Å². The van der Waals surface area contributed by atoms with E-state index >= 15 is 0 Å². The number of carbonyl (C=O) groups is 1. The van der Waals surface area contributed by atoms with Crippen LogP contribution in [0.4, 0.5) is 4.79 Å². The minimum absolute atomic E-state index is 0.0773. The first-order valence-electron chi connectivity index (χ1n) is 10.5. The highest BCUT2D eigenvalue weighted by atomic mass is 16.5. The van der Waals surface area contributed by atoms with Crippen molar-refractivity contribution < 1.29 is 14.6 Å². The van der Waals surface area contributed by atoms with Crippen molar-refractivity contribution in [1.29, 1.82) is 0 Å². The molecule has 0 aliphatic carbocycles. The molecular formula is C22H34N2O3. The molecule has 0 aromatic heterocycles. The molecule has 2 N–H and O–H groups in total. The molecule has 1 saturated heterocycles. The van der Waals surface area contributed by atoms with Crippen LogP contribution >= 0.6 is 0 Å². The van der Waals surface area contributed by atoms with Crippen molar-refractivity contribution in [3.8, 4) is 11.5 Å². The highest BCUT2D eigenvalue weighted by Gasteiger charge is 2.43. The van der Waals surface area contributed by atoms with Gasteiger partial charge in [-0.2, -0.15) is 0 Å². The molecule has 5 atom stereocenters. The Bertz CT molecular complexity index is 690. The number of rotatable bonds is 6. The van der Waals surface area contributed by atoms with E-state index in [1.54, 1.807) is 4.90 Å². The van der Waals surface area contributed by atoms with Crippen LogP contribution in [-0.2, 0) is 0 Å². The zero-order valence-corrected chi connectivity index (χ0v) is 17.3. The van der Waals surface area contributed by atoms with Crippen LogP contribution in [0.2, 0.25) is 0 Å². The number of fused-ring (bicyclic) bond motifs is 3. The lowest BCUT2D eigenvalue weighted by Crippen LogP contribution is -2.58. The van der Waals surface area contributed by atoms with Gasteiger partial charge in [-0.05, 0) is 49.8 Å². The fourth-order valence-corrected chi connectivity index (χ4v) is 4.47.